The maximum Gasteiger partial charge on any atom is 0.225 e. The molecule has 0 aliphatic carbocycles. The van der Waals surface area contributed by atoms with Crippen LogP contribution in [0.5, 0.6) is 11.5 Å². The van der Waals surface area contributed by atoms with Gasteiger partial charge in [0.2, 0.25) is 5.95 Å². The van der Waals surface area contributed by atoms with Gasteiger partial charge in [-0.2, -0.15) is 4.98 Å². The number of nitrogens with zero attached hydrogens (tertiary/aromatic N) is 3. The van der Waals surface area contributed by atoms with E-state index < -0.39 is 0 Å². The van der Waals surface area contributed by atoms with E-state index in [2.05, 4.69) is 27.6 Å². The number of fused-ring (bicyclic) bond motifs is 1. The number of hydrogen-bond donors (Lipinski definition) is 2. The van der Waals surface area contributed by atoms with Gasteiger partial charge in [-0.15, -0.1) is 0 Å². The molecule has 0 unspecified atom stereocenters. The Bertz CT molecular complexity index is 729. The second-order valence-corrected chi connectivity index (χ2v) is 6.37. The summed E-state index contributed by atoms with van der Waals surface area (Å²) in [5, 5.41) is 7.77. The summed E-state index contributed by atoms with van der Waals surface area (Å²) in [4.78, 5) is 11.7. The number of methoxy groups -OCH3 is 2. The number of likely N-dealkylation sites (tertiary alicyclic amines) is 1. The van der Waals surface area contributed by atoms with Gasteiger partial charge in [0.15, 0.2) is 11.5 Å². The van der Waals surface area contributed by atoms with Gasteiger partial charge in [-0.25, -0.2) is 4.98 Å². The Morgan fingerprint density at radius 3 is 2.44 bits per heavy atom. The van der Waals surface area contributed by atoms with E-state index in [1.54, 1.807) is 14.2 Å². The topological polar surface area (TPSA) is 71.5 Å². The van der Waals surface area contributed by atoms with Crippen molar-refractivity contribution >= 4 is 22.7 Å². The molecule has 2 aromatic rings. The van der Waals surface area contributed by atoms with Crippen molar-refractivity contribution < 1.29 is 9.47 Å². The van der Waals surface area contributed by atoms with E-state index in [1.165, 1.54) is 0 Å². The van der Waals surface area contributed by atoms with E-state index in [1.807, 2.05) is 19.1 Å². The maximum absolute atomic E-state index is 5.45. The average Bonchev–Trinajstić information content (AvgIpc) is 2.62. The van der Waals surface area contributed by atoms with Gasteiger partial charge in [0, 0.05) is 24.0 Å². The molecule has 0 saturated carbocycles. The lowest BCUT2D eigenvalue weighted by Crippen LogP contribution is -2.37. The van der Waals surface area contributed by atoms with Crippen molar-refractivity contribution in [3.63, 3.8) is 0 Å². The van der Waals surface area contributed by atoms with Crippen molar-refractivity contribution in [2.24, 2.45) is 0 Å². The van der Waals surface area contributed by atoms with E-state index in [4.69, 9.17) is 14.5 Å². The highest BCUT2D eigenvalue weighted by Gasteiger charge is 2.19. The molecule has 1 saturated heterocycles. The SMILES string of the molecule is CCNc1nc(NC2CCN(C)CC2)c2cc(OC)c(OC)cc2n1. The van der Waals surface area contributed by atoms with Gasteiger partial charge in [0.05, 0.1) is 19.7 Å². The van der Waals surface area contributed by atoms with Crippen LogP contribution in [0.25, 0.3) is 10.9 Å². The largest absolute Gasteiger partial charge is 0.493 e. The lowest BCUT2D eigenvalue weighted by Gasteiger charge is -2.30. The van der Waals surface area contributed by atoms with Gasteiger partial charge in [-0.05, 0) is 46.0 Å². The van der Waals surface area contributed by atoms with Gasteiger partial charge in [0.1, 0.15) is 5.82 Å². The van der Waals surface area contributed by atoms with Crippen LogP contribution in [0.2, 0.25) is 0 Å². The molecule has 0 amide bonds. The standard InChI is InChI=1S/C18H27N5O2/c1-5-19-18-21-14-11-16(25-4)15(24-3)10-13(14)17(22-18)20-12-6-8-23(2)9-7-12/h10-12H,5-9H2,1-4H3,(H2,19,20,21,22). The zero-order valence-electron chi connectivity index (χ0n) is 15.4. The van der Waals surface area contributed by atoms with Crippen molar-refractivity contribution in [1.82, 2.24) is 14.9 Å². The summed E-state index contributed by atoms with van der Waals surface area (Å²) >= 11 is 0. The van der Waals surface area contributed by atoms with Crippen LogP contribution in [0.3, 0.4) is 0 Å². The van der Waals surface area contributed by atoms with Crippen LogP contribution < -0.4 is 20.1 Å². The Hall–Kier alpha value is -2.28. The Morgan fingerprint density at radius 1 is 1.12 bits per heavy atom. The Morgan fingerprint density at radius 2 is 1.80 bits per heavy atom. The predicted molar refractivity (Wildman–Crippen MR) is 101 cm³/mol. The molecule has 0 radical (unpaired) electrons. The second-order valence-electron chi connectivity index (χ2n) is 6.37. The minimum absolute atomic E-state index is 0.414. The first-order valence-electron chi connectivity index (χ1n) is 8.77. The lowest BCUT2D eigenvalue weighted by atomic mass is 10.1. The number of piperidine rings is 1. The number of benzene rings is 1. The fourth-order valence-corrected chi connectivity index (χ4v) is 3.15. The number of anilines is 2. The molecule has 2 heterocycles. The van der Waals surface area contributed by atoms with E-state index >= 15 is 0 Å². The highest BCUT2D eigenvalue weighted by atomic mass is 16.5. The number of nitrogens with one attached hydrogen (secondary N) is 2. The molecular weight excluding hydrogens is 318 g/mol. The van der Waals surface area contributed by atoms with Crippen molar-refractivity contribution in [1.29, 1.82) is 0 Å². The third-order valence-corrected chi connectivity index (χ3v) is 4.60. The zero-order chi connectivity index (χ0) is 17.8. The van der Waals surface area contributed by atoms with Crippen molar-refractivity contribution in [2.75, 3.05) is 51.5 Å². The first kappa shape index (κ1) is 17.5. The van der Waals surface area contributed by atoms with Gasteiger partial charge < -0.3 is 25.0 Å². The molecule has 1 aromatic carbocycles. The zero-order valence-corrected chi connectivity index (χ0v) is 15.4. The summed E-state index contributed by atoms with van der Waals surface area (Å²) in [6.45, 7) is 4.99. The molecule has 0 atom stereocenters. The third kappa shape index (κ3) is 3.87. The third-order valence-electron chi connectivity index (χ3n) is 4.60. The molecule has 2 N–H and O–H groups in total. The van der Waals surface area contributed by atoms with Gasteiger partial charge in [-0.3, -0.25) is 0 Å². The molecule has 1 aliphatic rings. The van der Waals surface area contributed by atoms with E-state index in [-0.39, 0.29) is 0 Å². The summed E-state index contributed by atoms with van der Waals surface area (Å²) in [6, 6.07) is 4.26. The molecule has 1 aliphatic heterocycles. The van der Waals surface area contributed by atoms with Crippen molar-refractivity contribution in [3.05, 3.63) is 12.1 Å². The monoisotopic (exact) mass is 345 g/mol. The molecule has 25 heavy (non-hydrogen) atoms. The van der Waals surface area contributed by atoms with Gasteiger partial charge >= 0.3 is 0 Å². The Balaban J connectivity index is 2.01. The van der Waals surface area contributed by atoms with Crippen LogP contribution >= 0.6 is 0 Å². The average molecular weight is 345 g/mol. The Labute approximate surface area is 148 Å². The smallest absolute Gasteiger partial charge is 0.225 e. The normalized spacial score (nSPS) is 16.0. The molecule has 1 aromatic heterocycles. The molecule has 7 heteroatoms. The predicted octanol–water partition coefficient (Wildman–Crippen LogP) is 2.58. The highest BCUT2D eigenvalue weighted by molar-refractivity contribution is 5.92. The van der Waals surface area contributed by atoms with Crippen molar-refractivity contribution in [3.8, 4) is 11.5 Å². The Kier molecular flexibility index (Phi) is 5.43. The van der Waals surface area contributed by atoms with E-state index in [9.17, 15) is 0 Å². The van der Waals surface area contributed by atoms with E-state index in [0.29, 0.717) is 23.5 Å². The van der Waals surface area contributed by atoms with Crippen LogP contribution in [-0.4, -0.2) is 61.8 Å². The van der Waals surface area contributed by atoms with Crippen LogP contribution in [0, 0.1) is 0 Å². The van der Waals surface area contributed by atoms with Crippen LogP contribution in [0.1, 0.15) is 19.8 Å². The molecule has 0 bridgehead atoms. The fourth-order valence-electron chi connectivity index (χ4n) is 3.15. The molecular formula is C18H27N5O2. The highest BCUT2D eigenvalue weighted by Crippen LogP contribution is 2.35. The lowest BCUT2D eigenvalue weighted by molar-refractivity contribution is 0.264. The molecule has 136 valence electrons. The first-order valence-corrected chi connectivity index (χ1v) is 8.77. The molecule has 7 nitrogen and oxygen atoms in total. The van der Waals surface area contributed by atoms with Gasteiger partial charge in [0.25, 0.3) is 0 Å². The number of ether oxygens (including phenoxy) is 2. The summed E-state index contributed by atoms with van der Waals surface area (Å²) in [5.41, 5.74) is 0.832. The van der Waals surface area contributed by atoms with Crippen molar-refractivity contribution in [2.45, 2.75) is 25.8 Å². The molecule has 1 fully saturated rings. The summed E-state index contributed by atoms with van der Waals surface area (Å²) in [5.74, 6) is 2.82. The number of aromatic nitrogens is 2. The minimum atomic E-state index is 0.414. The van der Waals surface area contributed by atoms with Crippen LogP contribution in [0.4, 0.5) is 11.8 Å². The summed E-state index contributed by atoms with van der Waals surface area (Å²) in [7, 11) is 5.44. The second kappa shape index (κ2) is 7.74. The first-order chi connectivity index (χ1) is 12.1. The maximum atomic E-state index is 5.45. The van der Waals surface area contributed by atoms with Crippen LogP contribution in [0.15, 0.2) is 12.1 Å². The summed E-state index contributed by atoms with van der Waals surface area (Å²) < 4.78 is 10.9. The van der Waals surface area contributed by atoms with E-state index in [0.717, 1.165) is 49.2 Å². The fraction of sp³-hybridized carbons (Fsp3) is 0.556. The minimum Gasteiger partial charge on any atom is -0.493 e. The van der Waals surface area contributed by atoms with Gasteiger partial charge in [-0.1, -0.05) is 0 Å². The number of hydrogen-bond acceptors (Lipinski definition) is 7. The molecule has 3 rings (SSSR count). The van der Waals surface area contributed by atoms with Crippen LogP contribution in [-0.2, 0) is 0 Å². The summed E-state index contributed by atoms with van der Waals surface area (Å²) in [6.07, 6.45) is 2.21. The quantitative estimate of drug-likeness (QED) is 0.834. The number of rotatable bonds is 6. The molecule has 0 spiro atoms.